The molecular formula is C9H13NOS. The van der Waals surface area contributed by atoms with Gasteiger partial charge >= 0.3 is 0 Å². The fraction of sp³-hybridized carbons (Fsp3) is 0.444. The second-order valence-electron chi connectivity index (χ2n) is 2.46. The van der Waals surface area contributed by atoms with E-state index in [1.54, 1.807) is 24.2 Å². The fourth-order valence-electron chi connectivity index (χ4n) is 0.899. The highest BCUT2D eigenvalue weighted by atomic mass is 32.2. The monoisotopic (exact) mass is 183 g/mol. The quantitative estimate of drug-likeness (QED) is 0.773. The second-order valence-corrected chi connectivity index (χ2v) is 3.78. The Balaban J connectivity index is 2.48. The highest BCUT2D eigenvalue weighted by Gasteiger charge is 2.05. The minimum Gasteiger partial charge on any atom is -0.387 e. The van der Waals surface area contributed by atoms with Gasteiger partial charge in [0.2, 0.25) is 0 Å². The van der Waals surface area contributed by atoms with Crippen molar-refractivity contribution in [3.63, 3.8) is 0 Å². The van der Waals surface area contributed by atoms with Crippen LogP contribution in [-0.4, -0.2) is 21.6 Å². The maximum Gasteiger partial charge on any atom is 0.0895 e. The molecule has 1 aromatic heterocycles. The number of rotatable bonds is 4. The van der Waals surface area contributed by atoms with Crippen LogP contribution in [0.15, 0.2) is 24.5 Å². The van der Waals surface area contributed by atoms with Gasteiger partial charge in [0, 0.05) is 18.1 Å². The van der Waals surface area contributed by atoms with Gasteiger partial charge < -0.3 is 5.11 Å². The number of hydrogen-bond acceptors (Lipinski definition) is 3. The molecule has 1 aromatic rings. The molecule has 0 radical (unpaired) electrons. The first-order chi connectivity index (χ1) is 5.84. The van der Waals surface area contributed by atoms with Gasteiger partial charge in [-0.3, -0.25) is 4.98 Å². The Morgan fingerprint density at radius 2 is 2.50 bits per heavy atom. The summed E-state index contributed by atoms with van der Waals surface area (Å²) >= 11 is 1.73. The van der Waals surface area contributed by atoms with Crippen molar-refractivity contribution in [3.8, 4) is 0 Å². The van der Waals surface area contributed by atoms with Crippen LogP contribution >= 0.6 is 11.8 Å². The molecule has 0 aliphatic heterocycles. The van der Waals surface area contributed by atoms with E-state index in [4.69, 9.17) is 0 Å². The summed E-state index contributed by atoms with van der Waals surface area (Å²) < 4.78 is 0. The molecule has 2 nitrogen and oxygen atoms in total. The van der Waals surface area contributed by atoms with E-state index in [0.717, 1.165) is 17.1 Å². The number of nitrogens with zero attached hydrogens (tertiary/aromatic N) is 1. The molecule has 1 unspecified atom stereocenters. The third kappa shape index (κ3) is 2.83. The molecule has 0 aliphatic carbocycles. The zero-order chi connectivity index (χ0) is 8.81. The number of aliphatic hydroxyl groups is 1. The lowest BCUT2D eigenvalue weighted by Crippen LogP contribution is -2.00. The summed E-state index contributed by atoms with van der Waals surface area (Å²) in [5.74, 6) is 1.79. The van der Waals surface area contributed by atoms with E-state index in [0.29, 0.717) is 0 Å². The second kappa shape index (κ2) is 5.17. The minimum absolute atomic E-state index is 0.372. The molecule has 1 heterocycles. The number of thioether (sulfide) groups is 1. The molecule has 0 aromatic carbocycles. The lowest BCUT2D eigenvalue weighted by atomic mass is 10.2. The summed E-state index contributed by atoms with van der Waals surface area (Å²) in [6, 6.07) is 3.74. The van der Waals surface area contributed by atoms with Crippen LogP contribution < -0.4 is 0 Å². The fourth-order valence-corrected chi connectivity index (χ4v) is 1.55. The topological polar surface area (TPSA) is 33.1 Å². The van der Waals surface area contributed by atoms with Crippen molar-refractivity contribution in [3.05, 3.63) is 30.1 Å². The van der Waals surface area contributed by atoms with Gasteiger partial charge in [0.15, 0.2) is 0 Å². The van der Waals surface area contributed by atoms with Crippen LogP contribution in [0.5, 0.6) is 0 Å². The highest BCUT2D eigenvalue weighted by Crippen LogP contribution is 2.16. The average molecular weight is 183 g/mol. The van der Waals surface area contributed by atoms with Crippen LogP contribution in [0.1, 0.15) is 18.6 Å². The first kappa shape index (κ1) is 9.55. The van der Waals surface area contributed by atoms with Crippen molar-refractivity contribution >= 4 is 11.8 Å². The molecule has 0 aliphatic rings. The van der Waals surface area contributed by atoms with Crippen LogP contribution in [0, 0.1) is 0 Å². The average Bonchev–Trinajstić information content (AvgIpc) is 2.15. The highest BCUT2D eigenvalue weighted by molar-refractivity contribution is 7.99. The van der Waals surface area contributed by atoms with E-state index < -0.39 is 0 Å². The third-order valence-electron chi connectivity index (χ3n) is 1.55. The third-order valence-corrected chi connectivity index (χ3v) is 2.51. The first-order valence-corrected chi connectivity index (χ1v) is 5.15. The zero-order valence-electron chi connectivity index (χ0n) is 7.10. The summed E-state index contributed by atoms with van der Waals surface area (Å²) in [5, 5.41) is 9.59. The van der Waals surface area contributed by atoms with Gasteiger partial charge in [-0.15, -0.1) is 0 Å². The molecule has 1 N–H and O–H groups in total. The molecule has 0 saturated heterocycles. The number of hydrogen-bond donors (Lipinski definition) is 1. The van der Waals surface area contributed by atoms with Gasteiger partial charge in [-0.1, -0.05) is 13.0 Å². The Morgan fingerprint density at radius 1 is 1.67 bits per heavy atom. The molecule has 1 rings (SSSR count). The van der Waals surface area contributed by atoms with Crippen molar-refractivity contribution in [2.45, 2.75) is 13.0 Å². The van der Waals surface area contributed by atoms with Gasteiger partial charge in [0.05, 0.1) is 6.10 Å². The summed E-state index contributed by atoms with van der Waals surface area (Å²) in [5.41, 5.74) is 0.901. The smallest absolute Gasteiger partial charge is 0.0895 e. The van der Waals surface area contributed by atoms with E-state index in [9.17, 15) is 5.11 Å². The maximum absolute atomic E-state index is 9.59. The molecule has 3 heteroatoms. The van der Waals surface area contributed by atoms with E-state index in [1.807, 2.05) is 12.1 Å². The van der Waals surface area contributed by atoms with Crippen LogP contribution in [0.2, 0.25) is 0 Å². The Kier molecular flexibility index (Phi) is 4.11. The van der Waals surface area contributed by atoms with Crippen molar-refractivity contribution in [1.29, 1.82) is 0 Å². The Hall–Kier alpha value is -0.540. The lowest BCUT2D eigenvalue weighted by Gasteiger charge is -2.08. The van der Waals surface area contributed by atoms with E-state index in [-0.39, 0.29) is 6.10 Å². The van der Waals surface area contributed by atoms with Crippen molar-refractivity contribution in [2.24, 2.45) is 0 Å². The molecule has 0 spiro atoms. The number of pyridine rings is 1. The van der Waals surface area contributed by atoms with Crippen molar-refractivity contribution < 1.29 is 5.11 Å². The molecule has 12 heavy (non-hydrogen) atoms. The van der Waals surface area contributed by atoms with Crippen molar-refractivity contribution in [1.82, 2.24) is 4.98 Å². The molecule has 0 saturated carbocycles. The SMILES string of the molecule is CCSCC(O)c1cccnc1. The molecule has 1 atom stereocenters. The van der Waals surface area contributed by atoms with Crippen LogP contribution in [0.3, 0.4) is 0 Å². The number of aliphatic hydroxyl groups excluding tert-OH is 1. The van der Waals surface area contributed by atoms with Crippen molar-refractivity contribution in [2.75, 3.05) is 11.5 Å². The summed E-state index contributed by atoms with van der Waals surface area (Å²) in [6.45, 7) is 2.08. The number of aromatic nitrogens is 1. The largest absolute Gasteiger partial charge is 0.387 e. The van der Waals surface area contributed by atoms with E-state index in [2.05, 4.69) is 11.9 Å². The Bertz CT molecular complexity index is 215. The Labute approximate surface area is 77.0 Å². The zero-order valence-corrected chi connectivity index (χ0v) is 7.92. The Morgan fingerprint density at radius 3 is 3.08 bits per heavy atom. The van der Waals surface area contributed by atoms with Crippen LogP contribution in [0.25, 0.3) is 0 Å². The first-order valence-electron chi connectivity index (χ1n) is 4.00. The normalized spacial score (nSPS) is 12.8. The standard InChI is InChI=1S/C9H13NOS/c1-2-12-7-9(11)8-4-3-5-10-6-8/h3-6,9,11H,2,7H2,1H3. The van der Waals surface area contributed by atoms with Crippen LogP contribution in [-0.2, 0) is 0 Å². The van der Waals surface area contributed by atoms with Gasteiger partial charge in [-0.05, 0) is 17.4 Å². The van der Waals surface area contributed by atoms with Gasteiger partial charge in [-0.25, -0.2) is 0 Å². The predicted molar refractivity (Wildman–Crippen MR) is 52.2 cm³/mol. The predicted octanol–water partition coefficient (Wildman–Crippen LogP) is 1.87. The maximum atomic E-state index is 9.59. The van der Waals surface area contributed by atoms with E-state index in [1.165, 1.54) is 0 Å². The summed E-state index contributed by atoms with van der Waals surface area (Å²) in [4.78, 5) is 3.94. The lowest BCUT2D eigenvalue weighted by molar-refractivity contribution is 0.203. The van der Waals surface area contributed by atoms with Gasteiger partial charge in [-0.2, -0.15) is 11.8 Å². The minimum atomic E-state index is -0.372. The van der Waals surface area contributed by atoms with Gasteiger partial charge in [0.1, 0.15) is 0 Å². The molecule has 0 bridgehead atoms. The van der Waals surface area contributed by atoms with E-state index >= 15 is 0 Å². The molecule has 66 valence electrons. The molecule has 0 amide bonds. The van der Waals surface area contributed by atoms with Crippen LogP contribution in [0.4, 0.5) is 0 Å². The summed E-state index contributed by atoms with van der Waals surface area (Å²) in [6.07, 6.45) is 3.05. The summed E-state index contributed by atoms with van der Waals surface area (Å²) in [7, 11) is 0. The van der Waals surface area contributed by atoms with Gasteiger partial charge in [0.25, 0.3) is 0 Å². The molecular weight excluding hydrogens is 170 g/mol. The molecule has 0 fully saturated rings.